The first-order valence-electron chi connectivity index (χ1n) is 6.76. The largest absolute Gasteiger partial charge is 0.316 e. The van der Waals surface area contributed by atoms with E-state index < -0.39 is 0 Å². The number of hydrogen-bond acceptors (Lipinski definition) is 2. The summed E-state index contributed by atoms with van der Waals surface area (Å²) in [6.07, 6.45) is 1.97. The molecule has 1 unspecified atom stereocenters. The summed E-state index contributed by atoms with van der Waals surface area (Å²) in [5, 5.41) is 8.09. The molecule has 0 fully saturated rings. The average molecular weight is 316 g/mol. The summed E-state index contributed by atoms with van der Waals surface area (Å²) in [6, 6.07) is 0.445. The van der Waals surface area contributed by atoms with Gasteiger partial charge in [0.1, 0.15) is 0 Å². The molecule has 4 heteroatoms. The molecule has 1 N–H and O–H groups in total. The van der Waals surface area contributed by atoms with Crippen molar-refractivity contribution in [3.63, 3.8) is 0 Å². The van der Waals surface area contributed by atoms with Gasteiger partial charge in [-0.15, -0.1) is 0 Å². The van der Waals surface area contributed by atoms with Crippen molar-refractivity contribution in [3.05, 3.63) is 15.9 Å². The summed E-state index contributed by atoms with van der Waals surface area (Å²) in [7, 11) is 2.04. The minimum absolute atomic E-state index is 0.239. The summed E-state index contributed by atoms with van der Waals surface area (Å²) >= 11 is 3.72. The van der Waals surface area contributed by atoms with Crippen molar-refractivity contribution in [1.82, 2.24) is 15.1 Å². The van der Waals surface area contributed by atoms with E-state index in [-0.39, 0.29) is 5.41 Å². The zero-order chi connectivity index (χ0) is 13.9. The Morgan fingerprint density at radius 2 is 1.94 bits per heavy atom. The van der Waals surface area contributed by atoms with Gasteiger partial charge in [-0.3, -0.25) is 4.68 Å². The normalized spacial score (nSPS) is 13.9. The first-order valence-corrected chi connectivity index (χ1v) is 7.55. The van der Waals surface area contributed by atoms with Crippen molar-refractivity contribution in [2.45, 2.75) is 60.0 Å². The topological polar surface area (TPSA) is 29.9 Å². The molecule has 0 aliphatic heterocycles. The van der Waals surface area contributed by atoms with Crippen LogP contribution in [0.2, 0.25) is 0 Å². The van der Waals surface area contributed by atoms with E-state index in [2.05, 4.69) is 65.6 Å². The Bertz CT molecular complexity index is 390. The molecule has 0 radical (unpaired) electrons. The predicted octanol–water partition coefficient (Wildman–Crippen LogP) is 3.40. The quantitative estimate of drug-likeness (QED) is 0.902. The van der Waals surface area contributed by atoms with Gasteiger partial charge in [-0.2, -0.15) is 5.10 Å². The van der Waals surface area contributed by atoms with E-state index in [1.807, 2.05) is 7.05 Å². The molecule has 18 heavy (non-hydrogen) atoms. The number of likely N-dealkylation sites (N-methyl/N-ethyl adjacent to an activating group) is 1. The van der Waals surface area contributed by atoms with E-state index in [0.29, 0.717) is 6.04 Å². The molecule has 104 valence electrons. The molecule has 0 aliphatic carbocycles. The van der Waals surface area contributed by atoms with Gasteiger partial charge in [0.25, 0.3) is 0 Å². The van der Waals surface area contributed by atoms with Crippen LogP contribution in [-0.4, -0.2) is 22.9 Å². The van der Waals surface area contributed by atoms with Gasteiger partial charge in [-0.25, -0.2) is 0 Å². The fourth-order valence-corrected chi connectivity index (χ4v) is 2.97. The van der Waals surface area contributed by atoms with Crippen molar-refractivity contribution >= 4 is 15.9 Å². The van der Waals surface area contributed by atoms with E-state index in [4.69, 9.17) is 0 Å². The van der Waals surface area contributed by atoms with E-state index in [9.17, 15) is 0 Å². The second kappa shape index (κ2) is 6.20. The Kier molecular flexibility index (Phi) is 5.41. The van der Waals surface area contributed by atoms with E-state index in [1.54, 1.807) is 0 Å². The molecule has 0 aliphatic rings. The Hall–Kier alpha value is -0.350. The first-order chi connectivity index (χ1) is 8.35. The van der Waals surface area contributed by atoms with Crippen molar-refractivity contribution in [1.29, 1.82) is 0 Å². The van der Waals surface area contributed by atoms with Gasteiger partial charge in [-0.05, 0) is 41.7 Å². The Balaban J connectivity index is 3.05. The monoisotopic (exact) mass is 315 g/mol. The van der Waals surface area contributed by atoms with E-state index in [1.165, 1.54) is 10.2 Å². The second-order valence-corrected chi connectivity index (χ2v) is 6.58. The summed E-state index contributed by atoms with van der Waals surface area (Å²) in [6.45, 7) is 12.0. The zero-order valence-electron chi connectivity index (χ0n) is 12.5. The molecule has 0 amide bonds. The number of aryl methyl sites for hydroxylation is 2. The number of aromatic nitrogens is 2. The summed E-state index contributed by atoms with van der Waals surface area (Å²) in [5.41, 5.74) is 2.71. The predicted molar refractivity (Wildman–Crippen MR) is 81.0 cm³/mol. The first kappa shape index (κ1) is 15.7. The lowest BCUT2D eigenvalue weighted by molar-refractivity contribution is 0.275. The fraction of sp³-hybridized carbons (Fsp3) is 0.786. The van der Waals surface area contributed by atoms with Crippen LogP contribution < -0.4 is 5.32 Å². The minimum atomic E-state index is 0.239. The molecule has 1 aromatic rings. The van der Waals surface area contributed by atoms with Crippen LogP contribution >= 0.6 is 15.9 Å². The molecule has 1 rings (SSSR count). The lowest BCUT2D eigenvalue weighted by Crippen LogP contribution is -2.40. The third-order valence-electron chi connectivity index (χ3n) is 3.49. The Labute approximate surface area is 119 Å². The fourth-order valence-electron chi connectivity index (χ4n) is 2.25. The average Bonchev–Trinajstić information content (AvgIpc) is 2.60. The number of rotatable bonds is 5. The van der Waals surface area contributed by atoms with Gasteiger partial charge in [0.05, 0.1) is 15.9 Å². The van der Waals surface area contributed by atoms with Crippen LogP contribution in [-0.2, 0) is 19.4 Å². The molecule has 0 aromatic carbocycles. The molecule has 1 heterocycles. The van der Waals surface area contributed by atoms with Gasteiger partial charge >= 0.3 is 0 Å². The smallest absolute Gasteiger partial charge is 0.0766 e. The maximum atomic E-state index is 4.66. The standard InChI is InChI=1S/C14H26BrN3/c1-7-10-13(15)11(18(8-2)17-10)9-12(16-6)14(3,4)5/h12,16H,7-9H2,1-6H3. The number of nitrogens with zero attached hydrogens (tertiary/aromatic N) is 2. The lowest BCUT2D eigenvalue weighted by Gasteiger charge is -2.30. The molecule has 3 nitrogen and oxygen atoms in total. The third kappa shape index (κ3) is 3.35. The number of hydrogen-bond donors (Lipinski definition) is 1. The van der Waals surface area contributed by atoms with Crippen molar-refractivity contribution in [3.8, 4) is 0 Å². The number of nitrogens with one attached hydrogen (secondary N) is 1. The maximum absolute atomic E-state index is 4.66. The van der Waals surface area contributed by atoms with Crippen LogP contribution in [0.3, 0.4) is 0 Å². The van der Waals surface area contributed by atoms with Crippen molar-refractivity contribution in [2.75, 3.05) is 7.05 Å². The molecule has 1 atom stereocenters. The van der Waals surface area contributed by atoms with Gasteiger partial charge in [0.15, 0.2) is 0 Å². The van der Waals surface area contributed by atoms with Crippen LogP contribution in [0, 0.1) is 5.41 Å². The van der Waals surface area contributed by atoms with E-state index >= 15 is 0 Å². The van der Waals surface area contributed by atoms with E-state index in [0.717, 1.165) is 25.1 Å². The minimum Gasteiger partial charge on any atom is -0.316 e. The molecule has 0 saturated heterocycles. The molecule has 0 saturated carbocycles. The van der Waals surface area contributed by atoms with Crippen molar-refractivity contribution in [2.24, 2.45) is 5.41 Å². The third-order valence-corrected chi connectivity index (χ3v) is 4.40. The summed E-state index contributed by atoms with van der Waals surface area (Å²) in [4.78, 5) is 0. The van der Waals surface area contributed by atoms with Crippen molar-refractivity contribution < 1.29 is 0 Å². The summed E-state index contributed by atoms with van der Waals surface area (Å²) < 4.78 is 3.32. The molecule has 0 spiro atoms. The molecule has 1 aromatic heterocycles. The summed E-state index contributed by atoms with van der Waals surface area (Å²) in [5.74, 6) is 0. The Morgan fingerprint density at radius 1 is 1.33 bits per heavy atom. The number of halogens is 1. The molecule has 0 bridgehead atoms. The highest BCUT2D eigenvalue weighted by Gasteiger charge is 2.26. The zero-order valence-corrected chi connectivity index (χ0v) is 14.1. The maximum Gasteiger partial charge on any atom is 0.0766 e. The molecular weight excluding hydrogens is 290 g/mol. The van der Waals surface area contributed by atoms with Crippen LogP contribution in [0.15, 0.2) is 4.47 Å². The SMILES string of the molecule is CCc1nn(CC)c(CC(NC)C(C)(C)C)c1Br. The lowest BCUT2D eigenvalue weighted by atomic mass is 9.84. The van der Waals surface area contributed by atoms with Crippen LogP contribution in [0.4, 0.5) is 0 Å². The van der Waals surface area contributed by atoms with Crippen LogP contribution in [0.25, 0.3) is 0 Å². The van der Waals surface area contributed by atoms with Gasteiger partial charge in [0, 0.05) is 19.0 Å². The Morgan fingerprint density at radius 3 is 2.33 bits per heavy atom. The van der Waals surface area contributed by atoms with Gasteiger partial charge in [0.2, 0.25) is 0 Å². The highest BCUT2D eigenvalue weighted by Crippen LogP contribution is 2.28. The van der Waals surface area contributed by atoms with Crippen LogP contribution in [0.5, 0.6) is 0 Å². The highest BCUT2D eigenvalue weighted by molar-refractivity contribution is 9.10. The second-order valence-electron chi connectivity index (χ2n) is 5.79. The highest BCUT2D eigenvalue weighted by atomic mass is 79.9. The molecular formula is C14H26BrN3. The van der Waals surface area contributed by atoms with Gasteiger partial charge < -0.3 is 5.32 Å². The van der Waals surface area contributed by atoms with Gasteiger partial charge in [-0.1, -0.05) is 27.7 Å². The van der Waals surface area contributed by atoms with Crippen LogP contribution in [0.1, 0.15) is 46.0 Å².